The maximum atomic E-state index is 12.0. The highest BCUT2D eigenvalue weighted by atomic mass is 79.9. The monoisotopic (exact) mass is 438 g/mol. The number of nitro groups is 1. The van der Waals surface area contributed by atoms with Crippen LogP contribution in [0, 0.1) is 10.1 Å². The van der Waals surface area contributed by atoms with Crippen LogP contribution in [0.5, 0.6) is 0 Å². The highest BCUT2D eigenvalue weighted by Crippen LogP contribution is 2.24. The van der Waals surface area contributed by atoms with Crippen molar-refractivity contribution in [1.29, 1.82) is 0 Å². The van der Waals surface area contributed by atoms with Gasteiger partial charge in [0.15, 0.2) is 0 Å². The van der Waals surface area contributed by atoms with E-state index >= 15 is 0 Å². The fourth-order valence-electron chi connectivity index (χ4n) is 1.87. The first-order chi connectivity index (χ1) is 12.4. The van der Waals surface area contributed by atoms with E-state index in [4.69, 9.17) is 11.6 Å². The molecule has 0 aliphatic rings. The van der Waals surface area contributed by atoms with E-state index in [0.717, 1.165) is 0 Å². The topological polar surface area (TPSA) is 114 Å². The molecule has 0 aliphatic heterocycles. The molecule has 0 radical (unpaired) electrons. The zero-order valence-electron chi connectivity index (χ0n) is 13.1. The number of hydrogen-bond donors (Lipinski definition) is 2. The Labute approximate surface area is 161 Å². The van der Waals surface area contributed by atoms with Crippen LogP contribution < -0.4 is 10.7 Å². The van der Waals surface area contributed by atoms with Crippen LogP contribution in [0.3, 0.4) is 0 Å². The molecule has 0 heterocycles. The number of hydrogen-bond acceptors (Lipinski definition) is 5. The number of amides is 2. The third-order valence-electron chi connectivity index (χ3n) is 3.10. The Kier molecular flexibility index (Phi) is 6.81. The Bertz CT molecular complexity index is 888. The van der Waals surface area contributed by atoms with Gasteiger partial charge in [0.1, 0.15) is 5.02 Å². The quantitative estimate of drug-likeness (QED) is 0.409. The van der Waals surface area contributed by atoms with Gasteiger partial charge in [-0.05, 0) is 34.1 Å². The second kappa shape index (κ2) is 9.07. The molecule has 0 bridgehead atoms. The van der Waals surface area contributed by atoms with Crippen LogP contribution >= 0.6 is 27.5 Å². The lowest BCUT2D eigenvalue weighted by Gasteiger charge is -2.05. The molecule has 26 heavy (non-hydrogen) atoms. The van der Waals surface area contributed by atoms with Gasteiger partial charge in [0.25, 0.3) is 17.5 Å². The summed E-state index contributed by atoms with van der Waals surface area (Å²) < 4.78 is 0.611. The number of carbonyl (C=O) groups is 2. The highest BCUT2D eigenvalue weighted by molar-refractivity contribution is 9.10. The van der Waals surface area contributed by atoms with Crippen molar-refractivity contribution < 1.29 is 14.5 Å². The first-order valence-corrected chi connectivity index (χ1v) is 8.34. The lowest BCUT2D eigenvalue weighted by atomic mass is 10.2. The summed E-state index contributed by atoms with van der Waals surface area (Å²) in [6, 6.07) is 10.9. The zero-order valence-corrected chi connectivity index (χ0v) is 15.5. The van der Waals surface area contributed by atoms with Crippen molar-refractivity contribution in [3.05, 3.63) is 73.2 Å². The predicted octanol–water partition coefficient (Wildman–Crippen LogP) is 2.89. The van der Waals surface area contributed by atoms with E-state index in [1.807, 2.05) is 0 Å². The molecule has 2 amide bonds. The number of nitro benzene ring substituents is 1. The van der Waals surface area contributed by atoms with Crippen LogP contribution in [-0.4, -0.2) is 29.5 Å². The van der Waals surface area contributed by atoms with Crippen LogP contribution in [0.4, 0.5) is 5.69 Å². The van der Waals surface area contributed by atoms with Crippen LogP contribution in [0.1, 0.15) is 15.9 Å². The number of halogens is 2. The molecule has 2 N–H and O–H groups in total. The third kappa shape index (κ3) is 5.36. The number of benzene rings is 2. The molecule has 0 aromatic heterocycles. The van der Waals surface area contributed by atoms with Gasteiger partial charge >= 0.3 is 0 Å². The van der Waals surface area contributed by atoms with Gasteiger partial charge < -0.3 is 5.32 Å². The van der Waals surface area contributed by atoms with Crippen molar-refractivity contribution in [3.63, 3.8) is 0 Å². The summed E-state index contributed by atoms with van der Waals surface area (Å²) in [6.07, 6.45) is 1.23. The Morgan fingerprint density at radius 2 is 2.00 bits per heavy atom. The predicted molar refractivity (Wildman–Crippen MR) is 100 cm³/mol. The second-order valence-corrected chi connectivity index (χ2v) is 6.19. The first-order valence-electron chi connectivity index (χ1n) is 7.17. The van der Waals surface area contributed by atoms with Gasteiger partial charge in [-0.2, -0.15) is 5.10 Å². The molecule has 0 saturated heterocycles. The van der Waals surface area contributed by atoms with Crippen molar-refractivity contribution in [1.82, 2.24) is 10.7 Å². The molecule has 2 rings (SSSR count). The SMILES string of the molecule is O=C(CNC(=O)c1ccccc1Br)N/N=C\c1ccc(Cl)c([N+](=O)[O-])c1. The standard InChI is InChI=1S/C16H12BrClN4O4/c17-12-4-2-1-3-11(12)16(24)19-9-15(23)21-20-8-10-5-6-13(18)14(7-10)22(25)26/h1-8H,9H2,(H,19,24)(H,21,23)/b20-8-. The molecule has 0 aliphatic carbocycles. The van der Waals surface area contributed by atoms with Crippen LogP contribution in [0.25, 0.3) is 0 Å². The van der Waals surface area contributed by atoms with Crippen LogP contribution in [0.2, 0.25) is 5.02 Å². The fraction of sp³-hybridized carbons (Fsp3) is 0.0625. The van der Waals surface area contributed by atoms with Gasteiger partial charge in [-0.15, -0.1) is 0 Å². The van der Waals surface area contributed by atoms with E-state index in [-0.39, 0.29) is 17.3 Å². The lowest BCUT2D eigenvalue weighted by molar-refractivity contribution is -0.384. The zero-order chi connectivity index (χ0) is 19.1. The Hall–Kier alpha value is -2.78. The second-order valence-electron chi connectivity index (χ2n) is 4.92. The molecule has 2 aromatic rings. The van der Waals surface area contributed by atoms with Gasteiger partial charge in [0, 0.05) is 16.1 Å². The molecule has 8 nitrogen and oxygen atoms in total. The molecule has 0 saturated carbocycles. The van der Waals surface area contributed by atoms with Crippen molar-refractivity contribution >= 4 is 51.2 Å². The highest BCUT2D eigenvalue weighted by Gasteiger charge is 2.12. The summed E-state index contributed by atoms with van der Waals surface area (Å²) in [5, 5.41) is 17.0. The molecular weight excluding hydrogens is 428 g/mol. The van der Waals surface area contributed by atoms with Crippen LogP contribution in [-0.2, 0) is 4.79 Å². The molecular formula is C16H12BrClN4O4. The number of hydrazone groups is 1. The summed E-state index contributed by atoms with van der Waals surface area (Å²) in [7, 11) is 0. The normalized spacial score (nSPS) is 10.5. The minimum Gasteiger partial charge on any atom is -0.343 e. The molecule has 2 aromatic carbocycles. The van der Waals surface area contributed by atoms with E-state index in [2.05, 4.69) is 31.8 Å². The first kappa shape index (κ1) is 19.5. The van der Waals surface area contributed by atoms with Crippen LogP contribution in [0.15, 0.2) is 52.0 Å². The van der Waals surface area contributed by atoms with Crippen molar-refractivity contribution in [2.24, 2.45) is 5.10 Å². The average molecular weight is 440 g/mol. The largest absolute Gasteiger partial charge is 0.343 e. The van der Waals surface area contributed by atoms with Gasteiger partial charge in [-0.3, -0.25) is 19.7 Å². The number of rotatable bonds is 6. The Morgan fingerprint density at radius 3 is 2.69 bits per heavy atom. The minimum absolute atomic E-state index is 0.00553. The van der Waals surface area contributed by atoms with E-state index in [9.17, 15) is 19.7 Å². The average Bonchev–Trinajstić information content (AvgIpc) is 2.61. The van der Waals surface area contributed by atoms with E-state index in [1.54, 1.807) is 24.3 Å². The maximum absolute atomic E-state index is 12.0. The van der Waals surface area contributed by atoms with E-state index in [0.29, 0.717) is 15.6 Å². The molecule has 10 heteroatoms. The number of carbonyl (C=O) groups excluding carboxylic acids is 2. The van der Waals surface area contributed by atoms with E-state index < -0.39 is 16.7 Å². The van der Waals surface area contributed by atoms with Crippen molar-refractivity contribution in [3.8, 4) is 0 Å². The van der Waals surface area contributed by atoms with Gasteiger partial charge in [-0.25, -0.2) is 5.43 Å². The molecule has 0 atom stereocenters. The summed E-state index contributed by atoms with van der Waals surface area (Å²) in [5.41, 5.74) is 2.74. The van der Waals surface area contributed by atoms with Gasteiger partial charge in [0.2, 0.25) is 0 Å². The number of nitrogens with one attached hydrogen (secondary N) is 2. The molecule has 0 fully saturated rings. The lowest BCUT2D eigenvalue weighted by Crippen LogP contribution is -2.35. The summed E-state index contributed by atoms with van der Waals surface area (Å²) >= 11 is 8.96. The number of nitrogens with zero attached hydrogens (tertiary/aromatic N) is 2. The Balaban J connectivity index is 1.88. The third-order valence-corrected chi connectivity index (χ3v) is 4.11. The van der Waals surface area contributed by atoms with E-state index in [1.165, 1.54) is 24.4 Å². The summed E-state index contributed by atoms with van der Waals surface area (Å²) in [5.74, 6) is -0.963. The minimum atomic E-state index is -0.616. The molecule has 0 spiro atoms. The van der Waals surface area contributed by atoms with Crippen molar-refractivity contribution in [2.45, 2.75) is 0 Å². The summed E-state index contributed by atoms with van der Waals surface area (Å²) in [4.78, 5) is 33.9. The fourth-order valence-corrected chi connectivity index (χ4v) is 2.52. The smallest absolute Gasteiger partial charge is 0.288 e. The molecule has 134 valence electrons. The Morgan fingerprint density at radius 1 is 1.27 bits per heavy atom. The molecule has 0 unspecified atom stereocenters. The maximum Gasteiger partial charge on any atom is 0.288 e. The summed E-state index contributed by atoms with van der Waals surface area (Å²) in [6.45, 7) is -0.279. The van der Waals surface area contributed by atoms with Crippen molar-refractivity contribution in [2.75, 3.05) is 6.54 Å². The van der Waals surface area contributed by atoms with Gasteiger partial charge in [0.05, 0.1) is 23.2 Å². The van der Waals surface area contributed by atoms with Gasteiger partial charge in [-0.1, -0.05) is 29.8 Å².